The molecule has 1 N–H and O–H groups in total. The number of fused-ring (bicyclic) bond motifs is 1. The predicted molar refractivity (Wildman–Crippen MR) is 35.2 cm³/mol. The van der Waals surface area contributed by atoms with E-state index in [0.717, 1.165) is 11.3 Å². The summed E-state index contributed by atoms with van der Waals surface area (Å²) in [5.74, 6) is 0. The molecule has 0 saturated heterocycles. The Morgan fingerprint density at radius 2 is 2.56 bits per heavy atom. The van der Waals surface area contributed by atoms with Gasteiger partial charge in [0, 0.05) is 17.9 Å². The van der Waals surface area contributed by atoms with Crippen molar-refractivity contribution >= 4 is 0 Å². The van der Waals surface area contributed by atoms with E-state index in [4.69, 9.17) is 1.37 Å². The third-order valence-corrected chi connectivity index (χ3v) is 1.28. The lowest BCUT2D eigenvalue weighted by Crippen LogP contribution is -1.74. The number of aromatic amines is 1. The van der Waals surface area contributed by atoms with Crippen LogP contribution in [0.5, 0.6) is 0 Å². The summed E-state index contributed by atoms with van der Waals surface area (Å²) in [4.78, 5) is 6.80. The fraction of sp³-hybridized carbons (Fsp3) is 0. The molecule has 0 fully saturated rings. The summed E-state index contributed by atoms with van der Waals surface area (Å²) in [6.45, 7) is 0. The third-order valence-electron chi connectivity index (χ3n) is 1.28. The van der Waals surface area contributed by atoms with E-state index in [1.54, 1.807) is 18.5 Å². The van der Waals surface area contributed by atoms with Crippen LogP contribution in [0.25, 0.3) is 11.3 Å². The minimum absolute atomic E-state index is 0.417. The van der Waals surface area contributed by atoms with Crippen molar-refractivity contribution in [1.29, 1.82) is 0 Å². The number of H-pyrrole nitrogens is 1. The van der Waals surface area contributed by atoms with Crippen molar-refractivity contribution < 1.29 is 1.37 Å². The Bertz CT molecular complexity index is 315. The fourth-order valence-corrected chi connectivity index (χ4v) is 0.824. The van der Waals surface area contributed by atoms with Gasteiger partial charge in [-0.05, 0) is 12.1 Å². The molecular formula is C7H6N2. The molecule has 2 aliphatic heterocycles. The fourth-order valence-electron chi connectivity index (χ4n) is 0.824. The molecule has 0 aromatic heterocycles. The van der Waals surface area contributed by atoms with E-state index in [2.05, 4.69) is 9.97 Å². The first-order valence-corrected chi connectivity index (χ1v) is 2.75. The van der Waals surface area contributed by atoms with Crippen LogP contribution >= 0.6 is 0 Å². The van der Waals surface area contributed by atoms with Gasteiger partial charge in [-0.25, -0.2) is 0 Å². The summed E-state index contributed by atoms with van der Waals surface area (Å²) >= 11 is 0. The zero-order valence-corrected chi connectivity index (χ0v) is 4.76. The lowest BCUT2D eigenvalue weighted by molar-refractivity contribution is 1.33. The molecule has 0 aromatic carbocycles. The minimum Gasteiger partial charge on any atom is -0.360 e. The van der Waals surface area contributed by atoms with Crippen molar-refractivity contribution in [3.63, 3.8) is 0 Å². The smallest absolute Gasteiger partial charge is 0.0816 e. The molecule has 0 unspecified atom stereocenters. The highest BCUT2D eigenvalue weighted by Crippen LogP contribution is 2.15. The van der Waals surface area contributed by atoms with Crippen molar-refractivity contribution in [1.82, 2.24) is 9.97 Å². The van der Waals surface area contributed by atoms with E-state index in [1.807, 2.05) is 6.07 Å². The van der Waals surface area contributed by atoms with Crippen molar-refractivity contribution in [3.05, 3.63) is 30.7 Å². The molecule has 44 valence electrons. The predicted octanol–water partition coefficient (Wildman–Crippen LogP) is 1.51. The quantitative estimate of drug-likeness (QED) is 0.559. The van der Waals surface area contributed by atoms with Gasteiger partial charge in [0.15, 0.2) is 0 Å². The highest BCUT2D eigenvalue weighted by molar-refractivity contribution is 5.58. The summed E-state index contributed by atoms with van der Waals surface area (Å²) in [6.07, 6.45) is 3.90. The van der Waals surface area contributed by atoms with Crippen LogP contribution in [0.2, 0.25) is 0 Å². The maximum absolute atomic E-state index is 7.23. The number of aromatic nitrogens is 2. The van der Waals surface area contributed by atoms with Crippen molar-refractivity contribution in [2.45, 2.75) is 0 Å². The highest BCUT2D eigenvalue weighted by Gasteiger charge is 1.97. The van der Waals surface area contributed by atoms with Gasteiger partial charge in [0.1, 0.15) is 0 Å². The summed E-state index contributed by atoms with van der Waals surface area (Å²) < 4.78 is 7.23. The van der Waals surface area contributed by atoms with Gasteiger partial charge in [-0.15, -0.1) is 0 Å². The summed E-state index contributed by atoms with van der Waals surface area (Å²) in [7, 11) is 0. The maximum atomic E-state index is 7.23. The van der Waals surface area contributed by atoms with Crippen molar-refractivity contribution in [2.75, 3.05) is 0 Å². The second-order valence-electron chi connectivity index (χ2n) is 1.88. The average molecular weight is 119 g/mol. The van der Waals surface area contributed by atoms with Gasteiger partial charge in [-0.1, -0.05) is 0 Å². The van der Waals surface area contributed by atoms with Crippen LogP contribution in [0.1, 0.15) is 1.37 Å². The van der Waals surface area contributed by atoms with Crippen LogP contribution in [-0.4, -0.2) is 9.97 Å². The van der Waals surface area contributed by atoms with Gasteiger partial charge < -0.3 is 4.98 Å². The molecule has 9 heavy (non-hydrogen) atoms. The topological polar surface area (TPSA) is 28.7 Å². The molecule has 0 saturated carbocycles. The van der Waals surface area contributed by atoms with Gasteiger partial charge in [-0.3, -0.25) is 4.98 Å². The molecule has 0 radical (unpaired) electrons. The van der Waals surface area contributed by atoms with Gasteiger partial charge in [0.05, 0.1) is 13.3 Å². The second-order valence-corrected chi connectivity index (χ2v) is 1.88. The lowest BCUT2D eigenvalue weighted by atomic mass is 10.2. The van der Waals surface area contributed by atoms with E-state index >= 15 is 0 Å². The van der Waals surface area contributed by atoms with E-state index in [9.17, 15) is 0 Å². The van der Waals surface area contributed by atoms with Gasteiger partial charge in [0.2, 0.25) is 0 Å². The van der Waals surface area contributed by atoms with Crippen LogP contribution in [0.3, 0.4) is 0 Å². The molecular weight excluding hydrogens is 112 g/mol. The maximum Gasteiger partial charge on any atom is 0.0816 e. The second kappa shape index (κ2) is 1.58. The molecule has 0 amide bonds. The van der Waals surface area contributed by atoms with Crippen molar-refractivity contribution in [3.8, 4) is 11.3 Å². The normalized spacial score (nSPS) is 11.8. The van der Waals surface area contributed by atoms with Crippen LogP contribution < -0.4 is 0 Å². The Morgan fingerprint density at radius 1 is 1.56 bits per heavy atom. The Kier molecular flexibility index (Phi) is 0.646. The van der Waals surface area contributed by atoms with Crippen LogP contribution in [-0.2, 0) is 0 Å². The number of pyridine rings is 1. The van der Waals surface area contributed by atoms with E-state index in [-0.39, 0.29) is 0 Å². The van der Waals surface area contributed by atoms with Crippen LogP contribution in [0.4, 0.5) is 0 Å². The molecule has 2 aliphatic rings. The monoisotopic (exact) mass is 119 g/mol. The summed E-state index contributed by atoms with van der Waals surface area (Å²) in [5, 5.41) is 0. The zero-order chi connectivity index (χ0) is 6.97. The molecule has 0 atom stereocenters. The average Bonchev–Trinajstić information content (AvgIpc) is 2.33. The standard InChI is InChI=1S/C7H6N2/c1-2-6-4-8-5-7(6)9-3-1/h1-5,9H/i3D. The van der Waals surface area contributed by atoms with E-state index in [1.165, 1.54) is 0 Å². The van der Waals surface area contributed by atoms with Crippen molar-refractivity contribution in [2.24, 2.45) is 0 Å². The molecule has 0 spiro atoms. The van der Waals surface area contributed by atoms with Gasteiger partial charge in [-0.2, -0.15) is 0 Å². The molecule has 2 heterocycles. The zero-order valence-electron chi connectivity index (χ0n) is 5.76. The van der Waals surface area contributed by atoms with Gasteiger partial charge in [0.25, 0.3) is 0 Å². The molecule has 2 heteroatoms. The largest absolute Gasteiger partial charge is 0.360 e. The first-order valence-electron chi connectivity index (χ1n) is 3.25. The Morgan fingerprint density at radius 3 is 3.56 bits per heavy atom. The Labute approximate surface area is 54.3 Å². The first kappa shape index (κ1) is 3.67. The number of nitrogens with zero attached hydrogens (tertiary/aromatic N) is 1. The third kappa shape index (κ3) is 0.598. The molecule has 2 rings (SSSR count). The first-order chi connectivity index (χ1) is 4.86. The SMILES string of the molecule is [2H]c1ccc2cncc-2[nH]1. The molecule has 2 nitrogen and oxygen atoms in total. The molecule has 0 aliphatic carbocycles. The highest BCUT2D eigenvalue weighted by atomic mass is 14.7. The minimum atomic E-state index is 0.417. The van der Waals surface area contributed by atoms with Crippen LogP contribution in [0.15, 0.2) is 30.7 Å². The summed E-state index contributed by atoms with van der Waals surface area (Å²) in [5.41, 5.74) is 1.98. The summed E-state index contributed by atoms with van der Waals surface area (Å²) in [6, 6.07) is 3.59. The number of hydrogen-bond donors (Lipinski definition) is 1. The van der Waals surface area contributed by atoms with E-state index < -0.39 is 0 Å². The van der Waals surface area contributed by atoms with Crippen LogP contribution in [0, 0.1) is 0 Å². The molecule has 0 aromatic rings. The molecule has 0 bridgehead atoms. The Balaban J connectivity index is 2.75. The lowest BCUT2D eigenvalue weighted by Gasteiger charge is -1.92. The number of rotatable bonds is 0. The van der Waals surface area contributed by atoms with E-state index in [0.29, 0.717) is 6.17 Å². The number of hydrogen-bond acceptors (Lipinski definition) is 1. The Hall–Kier alpha value is -1.31. The van der Waals surface area contributed by atoms with Gasteiger partial charge >= 0.3 is 0 Å². The number of nitrogens with one attached hydrogen (secondary N) is 1.